The predicted molar refractivity (Wildman–Crippen MR) is 70.2 cm³/mol. The first-order valence-corrected chi connectivity index (χ1v) is 6.06. The topological polar surface area (TPSA) is 176 Å². The Bertz CT molecular complexity index is 603. The summed E-state index contributed by atoms with van der Waals surface area (Å²) in [7, 11) is 0. The minimum atomic E-state index is -2.46. The molecule has 1 aromatic rings. The van der Waals surface area contributed by atoms with Crippen molar-refractivity contribution in [1.29, 1.82) is 0 Å². The van der Waals surface area contributed by atoms with Gasteiger partial charge in [0.25, 0.3) is 0 Å². The fourth-order valence-corrected chi connectivity index (χ4v) is 1.61. The molecule has 9 nitrogen and oxygen atoms in total. The summed E-state index contributed by atoms with van der Waals surface area (Å²) in [4.78, 5) is 23.7. The van der Waals surface area contributed by atoms with Crippen molar-refractivity contribution in [3.05, 3.63) is 23.7 Å². The highest BCUT2D eigenvalue weighted by molar-refractivity contribution is 6.45. The third kappa shape index (κ3) is 4.00. The van der Waals surface area contributed by atoms with Gasteiger partial charge in [0.2, 0.25) is 11.6 Å². The Labute approximate surface area is 125 Å². The number of aliphatic hydroxyl groups is 5. The van der Waals surface area contributed by atoms with Crippen LogP contribution < -0.4 is 0 Å². The maximum atomic E-state index is 11.9. The van der Waals surface area contributed by atoms with Crippen LogP contribution in [-0.2, 0) is 4.79 Å². The van der Waals surface area contributed by atoms with Crippen LogP contribution in [0.25, 0.3) is 0 Å². The summed E-state index contributed by atoms with van der Waals surface area (Å²) >= 11 is 0. The van der Waals surface area contributed by atoms with Gasteiger partial charge in [-0.15, -0.1) is 0 Å². The van der Waals surface area contributed by atoms with Gasteiger partial charge in [0.1, 0.15) is 35.9 Å². The zero-order valence-corrected chi connectivity index (χ0v) is 11.1. The summed E-state index contributed by atoms with van der Waals surface area (Å²) in [6, 6.07) is 0.690. The van der Waals surface area contributed by atoms with E-state index in [9.17, 15) is 35.1 Å². The molecule has 0 spiro atoms. The lowest BCUT2D eigenvalue weighted by Crippen LogP contribution is -2.50. The first kappa shape index (κ1) is 16.3. The summed E-state index contributed by atoms with van der Waals surface area (Å²) in [6.07, 6.45) is -8.71. The van der Waals surface area contributed by atoms with Crippen molar-refractivity contribution in [3.8, 4) is 11.5 Å². The first-order valence-electron chi connectivity index (χ1n) is 6.56. The number of hydrogen-bond acceptors (Lipinski definition) is 9. The van der Waals surface area contributed by atoms with E-state index in [2.05, 4.69) is 0 Å². The molecule has 0 aromatic heterocycles. The van der Waals surface area contributed by atoms with Gasteiger partial charge < -0.3 is 35.7 Å². The van der Waals surface area contributed by atoms with Gasteiger partial charge in [-0.1, -0.05) is 0 Å². The van der Waals surface area contributed by atoms with E-state index >= 15 is 0 Å². The Kier molecular flexibility index (Phi) is 5.41. The van der Waals surface area contributed by atoms with Gasteiger partial charge in [-0.3, -0.25) is 9.59 Å². The number of benzene rings is 1. The van der Waals surface area contributed by atoms with Gasteiger partial charge in [-0.25, -0.2) is 0 Å². The van der Waals surface area contributed by atoms with Crippen molar-refractivity contribution in [2.45, 2.75) is 24.4 Å². The highest BCUT2D eigenvalue weighted by atomic mass is 16.4. The van der Waals surface area contributed by atoms with Crippen molar-refractivity contribution in [3.63, 3.8) is 0 Å². The third-order valence-corrected chi connectivity index (χ3v) is 2.83. The second-order valence-corrected chi connectivity index (χ2v) is 4.51. The lowest BCUT2D eigenvalue weighted by Gasteiger charge is -2.24. The quantitative estimate of drug-likeness (QED) is 0.208. The summed E-state index contributed by atoms with van der Waals surface area (Å²) < 4.78 is 7.45. The lowest BCUT2D eigenvalue weighted by atomic mass is 9.95. The van der Waals surface area contributed by atoms with E-state index in [0.717, 1.165) is 6.07 Å². The molecular formula is C13H16O9. The fraction of sp³-hybridized carbons (Fsp3) is 0.385. The number of aliphatic hydroxyl groups excluding tert-OH is 5. The predicted octanol–water partition coefficient (Wildman–Crippen LogP) is -2.71. The molecule has 4 atom stereocenters. The Hall–Kier alpha value is -2.04. The number of Topliss-reactive ketones (excluding diaryl/α,β-unsaturated/α-hetero) is 2. The maximum Gasteiger partial charge on any atom is 0.234 e. The average molecular weight is 317 g/mol. The number of aromatic hydroxyl groups is 2. The normalized spacial score (nSPS) is 17.2. The second-order valence-electron chi connectivity index (χ2n) is 4.51. The van der Waals surface area contributed by atoms with Crippen molar-refractivity contribution in [2.24, 2.45) is 0 Å². The first-order chi connectivity index (χ1) is 10.6. The molecule has 0 fully saturated rings. The Morgan fingerprint density at radius 1 is 1.05 bits per heavy atom. The van der Waals surface area contributed by atoms with E-state index in [4.69, 9.17) is 11.6 Å². The second kappa shape index (κ2) is 7.29. The largest absolute Gasteiger partial charge is 0.508 e. The van der Waals surface area contributed by atoms with Crippen molar-refractivity contribution >= 4 is 11.6 Å². The smallest absolute Gasteiger partial charge is 0.234 e. The average Bonchev–Trinajstić information content (AvgIpc) is 2.53. The van der Waals surface area contributed by atoms with Crippen LogP contribution in [0.2, 0.25) is 0 Å². The number of phenolic OH excluding ortho intramolecular Hbond substituents is 2. The number of hydrogen-bond donors (Lipinski definition) is 7. The number of phenols is 2. The molecule has 0 aliphatic rings. The molecule has 0 saturated heterocycles. The number of carbonyl (C=O) groups excluding carboxylic acids is 2. The van der Waals surface area contributed by atoms with Crippen molar-refractivity contribution < 1.29 is 46.7 Å². The molecule has 1 aromatic carbocycles. The third-order valence-electron chi connectivity index (χ3n) is 2.83. The number of ketones is 2. The monoisotopic (exact) mass is 317 g/mol. The Morgan fingerprint density at radius 2 is 1.64 bits per heavy atom. The van der Waals surface area contributed by atoms with Crippen LogP contribution in [0.1, 0.15) is 11.7 Å². The molecule has 0 aliphatic carbocycles. The van der Waals surface area contributed by atoms with E-state index in [1.807, 2.05) is 0 Å². The molecule has 0 saturated carbocycles. The minimum absolute atomic E-state index is 0.611. The van der Waals surface area contributed by atoms with Crippen LogP contribution in [0.4, 0.5) is 0 Å². The zero-order valence-electron chi connectivity index (χ0n) is 12.1. The summed E-state index contributed by atoms with van der Waals surface area (Å²) in [6.45, 7) is -0.968. The van der Waals surface area contributed by atoms with E-state index in [1.54, 1.807) is 0 Å². The van der Waals surface area contributed by atoms with Gasteiger partial charge in [-0.05, 0) is 12.1 Å². The van der Waals surface area contributed by atoms with E-state index in [0.29, 0.717) is 6.07 Å². The summed E-state index contributed by atoms with van der Waals surface area (Å²) in [5.41, 5.74) is -0.726. The minimum Gasteiger partial charge on any atom is -0.508 e. The van der Waals surface area contributed by atoms with Crippen LogP contribution in [0, 0.1) is 0 Å². The molecule has 0 heterocycles. The lowest BCUT2D eigenvalue weighted by molar-refractivity contribution is -0.142. The van der Waals surface area contributed by atoms with Crippen LogP contribution in [-0.4, -0.2) is 78.3 Å². The number of rotatable bonds is 7. The zero-order chi connectivity index (χ0) is 17.9. The van der Waals surface area contributed by atoms with Crippen LogP contribution in [0.5, 0.6) is 11.5 Å². The SMILES string of the molecule is [2H]c1c(O)cc(O)cc1C(=O)C(=O)[C@H](O)[C@@H](O)[C@H](O)[C@H](O)CO. The molecule has 7 N–H and O–H groups in total. The summed E-state index contributed by atoms with van der Waals surface area (Å²) in [5.74, 6) is -4.54. The van der Waals surface area contributed by atoms with Gasteiger partial charge in [0.15, 0.2) is 0 Å². The molecule has 1 rings (SSSR count). The molecule has 0 unspecified atom stereocenters. The van der Waals surface area contributed by atoms with E-state index < -0.39 is 65.7 Å². The molecule has 9 heteroatoms. The molecular weight excluding hydrogens is 300 g/mol. The van der Waals surface area contributed by atoms with E-state index in [-0.39, 0.29) is 0 Å². The molecule has 0 amide bonds. The van der Waals surface area contributed by atoms with Gasteiger partial charge >= 0.3 is 0 Å². The van der Waals surface area contributed by atoms with Crippen LogP contribution in [0.15, 0.2) is 18.2 Å². The van der Waals surface area contributed by atoms with Gasteiger partial charge in [-0.2, -0.15) is 0 Å². The summed E-state index contributed by atoms with van der Waals surface area (Å²) in [5, 5.41) is 64.9. The Balaban J connectivity index is 3.03. The van der Waals surface area contributed by atoms with E-state index in [1.165, 1.54) is 0 Å². The van der Waals surface area contributed by atoms with Crippen molar-refractivity contribution in [1.82, 2.24) is 0 Å². The Morgan fingerprint density at radius 3 is 2.18 bits per heavy atom. The number of carbonyl (C=O) groups is 2. The maximum absolute atomic E-state index is 11.9. The molecule has 0 aliphatic heterocycles. The molecule has 0 radical (unpaired) electrons. The standard InChI is InChI=1S/C13H16O9/c14-4-8(17)10(19)12(21)13(22)11(20)9(18)5-1-6(15)3-7(16)2-5/h1-3,8,10,12-17,19,21-22H,4H2/t8-,10-,12+,13+/m1/s1/i1D. The van der Waals surface area contributed by atoms with Gasteiger partial charge in [0, 0.05) is 11.6 Å². The fourth-order valence-electron chi connectivity index (χ4n) is 1.61. The molecule has 122 valence electrons. The molecule has 22 heavy (non-hydrogen) atoms. The van der Waals surface area contributed by atoms with Crippen molar-refractivity contribution in [2.75, 3.05) is 6.61 Å². The van der Waals surface area contributed by atoms with Crippen LogP contribution in [0.3, 0.4) is 0 Å². The molecule has 0 bridgehead atoms. The van der Waals surface area contributed by atoms with Crippen LogP contribution >= 0.6 is 0 Å². The highest BCUT2D eigenvalue weighted by Gasteiger charge is 2.37. The van der Waals surface area contributed by atoms with Gasteiger partial charge in [0.05, 0.1) is 7.98 Å². The highest BCUT2D eigenvalue weighted by Crippen LogP contribution is 2.21.